The first kappa shape index (κ1) is 35.4. The third kappa shape index (κ3) is 8.97. The largest absolute Gasteiger partial charge is 0.399 e. The molecule has 0 bridgehead atoms. The Morgan fingerprint density at radius 2 is 1.77 bits per heavy atom. The Kier molecular flexibility index (Phi) is 11.5. The first-order chi connectivity index (χ1) is 22.9. The average molecular weight is 693 g/mol. The standard InChI is InChI=1S/C35H44N6O5S2/c1-23(2)20-41(21-31(42)30(18-25-9-5-4-6-10-25)37-34(44)28-13-11-26(36)17-24(28)3)48(45,46)27-12-14-29-32(19-27)47-35(38-29)39-33(43)22-40-15-7-8-16-40/h4-6,9-14,17,19,23,30-31,42H,7-8,15-16,18,20-22,36H2,1-3H3,(H,37,44)(H,38,39,43)/t30-,31+/m0/s1. The zero-order valence-corrected chi connectivity index (χ0v) is 29.2. The lowest BCUT2D eigenvalue weighted by molar-refractivity contribution is -0.117. The van der Waals surface area contributed by atoms with Gasteiger partial charge in [0.2, 0.25) is 15.9 Å². The van der Waals surface area contributed by atoms with Crippen LogP contribution in [0.2, 0.25) is 0 Å². The molecular weight excluding hydrogens is 649 g/mol. The van der Waals surface area contributed by atoms with Gasteiger partial charge in [-0.2, -0.15) is 4.31 Å². The van der Waals surface area contributed by atoms with E-state index >= 15 is 0 Å². The smallest absolute Gasteiger partial charge is 0.251 e. The Balaban J connectivity index is 1.37. The Morgan fingerprint density at radius 3 is 2.46 bits per heavy atom. The van der Waals surface area contributed by atoms with Gasteiger partial charge in [-0.05, 0) is 92.7 Å². The van der Waals surface area contributed by atoms with E-state index in [1.807, 2.05) is 44.2 Å². The number of hydrogen-bond acceptors (Lipinski definition) is 9. The second-order valence-electron chi connectivity index (χ2n) is 12.8. The minimum atomic E-state index is -4.08. The highest BCUT2D eigenvalue weighted by Gasteiger charge is 2.32. The first-order valence-corrected chi connectivity index (χ1v) is 18.5. The topological polar surface area (TPSA) is 158 Å². The number of rotatable bonds is 14. The summed E-state index contributed by atoms with van der Waals surface area (Å²) in [5.41, 5.74) is 9.00. The van der Waals surface area contributed by atoms with Crippen LogP contribution in [0.5, 0.6) is 0 Å². The van der Waals surface area contributed by atoms with Crippen LogP contribution >= 0.6 is 11.3 Å². The van der Waals surface area contributed by atoms with E-state index in [1.54, 1.807) is 37.3 Å². The molecule has 1 aromatic heterocycles. The van der Waals surface area contributed by atoms with Crippen LogP contribution in [0, 0.1) is 12.8 Å². The van der Waals surface area contributed by atoms with Crippen LogP contribution < -0.4 is 16.4 Å². The molecule has 48 heavy (non-hydrogen) atoms. The van der Waals surface area contributed by atoms with Crippen molar-refractivity contribution in [3.8, 4) is 0 Å². The highest BCUT2D eigenvalue weighted by molar-refractivity contribution is 7.89. The Labute approximate surface area is 286 Å². The van der Waals surface area contributed by atoms with Crippen LogP contribution in [0.15, 0.2) is 71.6 Å². The van der Waals surface area contributed by atoms with Gasteiger partial charge in [-0.25, -0.2) is 13.4 Å². The van der Waals surface area contributed by atoms with Gasteiger partial charge in [0.05, 0.1) is 33.8 Å². The molecule has 13 heteroatoms. The van der Waals surface area contributed by atoms with E-state index in [9.17, 15) is 23.1 Å². The second-order valence-corrected chi connectivity index (χ2v) is 15.8. The number of nitrogens with two attached hydrogens (primary N) is 1. The summed E-state index contributed by atoms with van der Waals surface area (Å²) in [4.78, 5) is 32.6. The zero-order valence-electron chi connectivity index (χ0n) is 27.6. The van der Waals surface area contributed by atoms with E-state index in [1.165, 1.54) is 21.7 Å². The van der Waals surface area contributed by atoms with E-state index < -0.39 is 22.2 Å². The molecule has 0 saturated carbocycles. The number of aromatic nitrogens is 1. The van der Waals surface area contributed by atoms with E-state index in [2.05, 4.69) is 20.5 Å². The van der Waals surface area contributed by atoms with Crippen LogP contribution in [0.3, 0.4) is 0 Å². The van der Waals surface area contributed by atoms with Crippen molar-refractivity contribution < 1.29 is 23.1 Å². The molecule has 1 fully saturated rings. The molecule has 1 aliphatic heterocycles. The number of sulfonamides is 1. The molecule has 5 rings (SSSR count). The number of benzene rings is 3. The summed E-state index contributed by atoms with van der Waals surface area (Å²) < 4.78 is 30.2. The fourth-order valence-corrected chi connectivity index (χ4v) is 8.57. The lowest BCUT2D eigenvalue weighted by Crippen LogP contribution is -2.51. The number of aliphatic hydroxyl groups excluding tert-OH is 1. The fraction of sp³-hybridized carbons (Fsp3) is 0.400. The maximum absolute atomic E-state index is 14.2. The molecule has 0 spiro atoms. The van der Waals surface area contributed by atoms with Gasteiger partial charge in [-0.1, -0.05) is 55.5 Å². The van der Waals surface area contributed by atoms with Gasteiger partial charge in [-0.15, -0.1) is 0 Å². The summed E-state index contributed by atoms with van der Waals surface area (Å²) >= 11 is 1.22. The van der Waals surface area contributed by atoms with E-state index in [4.69, 9.17) is 5.73 Å². The Morgan fingerprint density at radius 1 is 1.04 bits per heavy atom. The van der Waals surface area contributed by atoms with E-state index in [0.717, 1.165) is 31.5 Å². The van der Waals surface area contributed by atoms with E-state index in [0.29, 0.717) is 38.7 Å². The first-order valence-electron chi connectivity index (χ1n) is 16.2. The molecule has 2 heterocycles. The van der Waals surface area contributed by atoms with Gasteiger partial charge in [-0.3, -0.25) is 14.5 Å². The number of nitrogen functional groups attached to an aromatic ring is 1. The van der Waals surface area contributed by atoms with Gasteiger partial charge in [0.1, 0.15) is 0 Å². The molecule has 256 valence electrons. The van der Waals surface area contributed by atoms with Gasteiger partial charge >= 0.3 is 0 Å². The molecule has 2 atom stereocenters. The maximum Gasteiger partial charge on any atom is 0.251 e. The summed E-state index contributed by atoms with van der Waals surface area (Å²) in [7, 11) is -4.08. The van der Waals surface area contributed by atoms with E-state index in [-0.39, 0.29) is 42.1 Å². The van der Waals surface area contributed by atoms with Crippen molar-refractivity contribution in [3.05, 3.63) is 83.4 Å². The molecule has 3 aromatic carbocycles. The van der Waals surface area contributed by atoms with Crippen LogP contribution in [0.4, 0.5) is 10.8 Å². The summed E-state index contributed by atoms with van der Waals surface area (Å²) in [6, 6.07) is 18.3. The van der Waals surface area contributed by atoms with Crippen molar-refractivity contribution in [3.63, 3.8) is 0 Å². The van der Waals surface area contributed by atoms with Gasteiger partial charge < -0.3 is 21.5 Å². The number of fused-ring (bicyclic) bond motifs is 1. The number of likely N-dealkylation sites (tertiary alicyclic amines) is 1. The Hall–Kier alpha value is -3.88. The lowest BCUT2D eigenvalue weighted by atomic mass is 9.99. The van der Waals surface area contributed by atoms with Gasteiger partial charge in [0.25, 0.3) is 5.91 Å². The SMILES string of the molecule is Cc1cc(N)ccc1C(=O)N[C@@H](Cc1ccccc1)[C@H](O)CN(CC(C)C)S(=O)(=O)c1ccc2nc(NC(=O)CN3CCCC3)sc2c1. The number of thiazole rings is 1. The maximum atomic E-state index is 14.2. The number of aliphatic hydroxyl groups is 1. The number of carbonyl (C=O) groups excluding carboxylic acids is 2. The van der Waals surface area contributed by atoms with Crippen molar-refractivity contribution in [1.82, 2.24) is 19.5 Å². The number of aryl methyl sites for hydroxylation is 1. The molecule has 11 nitrogen and oxygen atoms in total. The highest BCUT2D eigenvalue weighted by atomic mass is 32.2. The Bertz CT molecular complexity index is 1840. The lowest BCUT2D eigenvalue weighted by Gasteiger charge is -2.31. The molecular formula is C35H44N6O5S2. The third-order valence-electron chi connectivity index (χ3n) is 8.34. The third-order valence-corrected chi connectivity index (χ3v) is 11.1. The summed E-state index contributed by atoms with van der Waals surface area (Å²) in [6.07, 6.45) is 1.22. The predicted octanol–water partition coefficient (Wildman–Crippen LogP) is 4.27. The van der Waals surface area contributed by atoms with Gasteiger partial charge in [0, 0.05) is 24.3 Å². The normalized spacial score (nSPS) is 15.2. The molecule has 2 amide bonds. The monoisotopic (exact) mass is 692 g/mol. The summed E-state index contributed by atoms with van der Waals surface area (Å²) in [5.74, 6) is -0.578. The zero-order chi connectivity index (χ0) is 34.4. The number of carbonyl (C=O) groups is 2. The fourth-order valence-electron chi connectivity index (χ4n) is 5.92. The van der Waals surface area contributed by atoms with Crippen molar-refractivity contribution in [2.45, 2.75) is 57.1 Å². The minimum absolute atomic E-state index is 0.0453. The van der Waals surface area contributed by atoms with Crippen molar-refractivity contribution >= 4 is 54.2 Å². The van der Waals surface area contributed by atoms with Crippen LogP contribution in [0.1, 0.15) is 48.2 Å². The average Bonchev–Trinajstić information content (AvgIpc) is 3.69. The second kappa shape index (κ2) is 15.6. The number of nitrogens with zero attached hydrogens (tertiary/aromatic N) is 3. The number of anilines is 2. The van der Waals surface area contributed by atoms with Crippen LogP contribution in [-0.4, -0.2) is 84.4 Å². The predicted molar refractivity (Wildman–Crippen MR) is 191 cm³/mol. The molecule has 0 aliphatic carbocycles. The molecule has 0 unspecified atom stereocenters. The van der Waals surface area contributed by atoms with Crippen molar-refractivity contribution in [1.29, 1.82) is 0 Å². The molecule has 1 aliphatic rings. The minimum Gasteiger partial charge on any atom is -0.399 e. The summed E-state index contributed by atoms with van der Waals surface area (Å²) in [5, 5.41) is 17.9. The number of amides is 2. The summed E-state index contributed by atoms with van der Waals surface area (Å²) in [6.45, 7) is 7.62. The quantitative estimate of drug-likeness (QED) is 0.143. The molecule has 4 aromatic rings. The van der Waals surface area contributed by atoms with Gasteiger partial charge in [0.15, 0.2) is 5.13 Å². The molecule has 1 saturated heterocycles. The highest BCUT2D eigenvalue weighted by Crippen LogP contribution is 2.30. The molecule has 5 N–H and O–H groups in total. The van der Waals surface area contributed by atoms with Crippen molar-refractivity contribution in [2.24, 2.45) is 5.92 Å². The number of nitrogens with one attached hydrogen (secondary N) is 2. The number of hydrogen-bond donors (Lipinski definition) is 4. The molecule has 0 radical (unpaired) electrons. The van der Waals surface area contributed by atoms with Crippen LogP contribution in [0.25, 0.3) is 10.2 Å². The van der Waals surface area contributed by atoms with Crippen molar-refractivity contribution in [2.75, 3.05) is 43.8 Å². The van der Waals surface area contributed by atoms with Crippen LogP contribution in [-0.2, 0) is 21.2 Å².